The number of allylic oxidation sites excluding steroid dienone is 2. The fraction of sp³-hybridized carbons (Fsp3) is 0.463. The van der Waals surface area contributed by atoms with Crippen LogP contribution in [0.3, 0.4) is 0 Å². The van der Waals surface area contributed by atoms with Crippen LogP contribution in [-0.4, -0.2) is 11.6 Å². The molecule has 0 radical (unpaired) electrons. The fourth-order valence-electron chi connectivity index (χ4n) is 6.81. The summed E-state index contributed by atoms with van der Waals surface area (Å²) in [6, 6.07) is 22.0. The number of fused-ring (bicyclic) bond motifs is 2. The molecule has 0 saturated heterocycles. The van der Waals surface area contributed by atoms with Crippen LogP contribution in [0.4, 0.5) is 5.69 Å². The number of anilines is 1. The highest BCUT2D eigenvalue weighted by atomic mass is 32.2. The molecule has 2 aromatic carbocycles. The number of pyridine rings is 1. The van der Waals surface area contributed by atoms with Crippen LogP contribution in [0.15, 0.2) is 88.9 Å². The molecule has 2 aromatic heterocycles. The predicted octanol–water partition coefficient (Wildman–Crippen LogP) is 10.5. The van der Waals surface area contributed by atoms with Crippen LogP contribution >= 0.6 is 11.8 Å². The van der Waals surface area contributed by atoms with E-state index in [1.54, 1.807) is 0 Å². The van der Waals surface area contributed by atoms with Gasteiger partial charge in [-0.05, 0) is 48.7 Å². The molecule has 244 valence electrons. The first-order valence-corrected chi connectivity index (χ1v) is 18.8. The van der Waals surface area contributed by atoms with Gasteiger partial charge in [-0.2, -0.15) is 4.57 Å². The minimum atomic E-state index is 1.05. The van der Waals surface area contributed by atoms with Crippen molar-refractivity contribution in [3.05, 3.63) is 89.6 Å². The van der Waals surface area contributed by atoms with E-state index in [-0.39, 0.29) is 0 Å². The highest BCUT2D eigenvalue weighted by molar-refractivity contribution is 8.03. The number of aromatic nitrogens is 3. The highest BCUT2D eigenvalue weighted by Gasteiger charge is 2.30. The average Bonchev–Trinajstić information content (AvgIpc) is 3.54. The van der Waals surface area contributed by atoms with Gasteiger partial charge in [0, 0.05) is 24.1 Å². The number of hydrogen-bond acceptors (Lipinski definition) is 2. The smallest absolute Gasteiger partial charge is 0.338 e. The van der Waals surface area contributed by atoms with Crippen LogP contribution in [-0.2, 0) is 20.6 Å². The van der Waals surface area contributed by atoms with Gasteiger partial charge >= 0.3 is 5.82 Å². The molecule has 46 heavy (non-hydrogen) atoms. The van der Waals surface area contributed by atoms with Crippen molar-refractivity contribution < 1.29 is 9.13 Å². The molecule has 4 nitrogen and oxygen atoms in total. The monoisotopic (exact) mass is 636 g/mol. The predicted molar refractivity (Wildman–Crippen MR) is 198 cm³/mol. The zero-order valence-corrected chi connectivity index (χ0v) is 29.7. The Bertz CT molecular complexity index is 1610. The van der Waals surface area contributed by atoms with Gasteiger partial charge in [0.2, 0.25) is 0 Å². The van der Waals surface area contributed by atoms with E-state index < -0.39 is 0 Å². The van der Waals surface area contributed by atoms with Crippen LogP contribution in [0, 0.1) is 0 Å². The lowest BCUT2D eigenvalue weighted by Gasteiger charge is -2.12. The first kappa shape index (κ1) is 34.0. The molecule has 0 amide bonds. The topological polar surface area (TPSA) is 15.9 Å². The molecule has 0 N–H and O–H groups in total. The summed E-state index contributed by atoms with van der Waals surface area (Å²) < 4.78 is 7.20. The molecule has 1 aliphatic heterocycles. The van der Waals surface area contributed by atoms with Crippen LogP contribution in [0.5, 0.6) is 0 Å². The maximum Gasteiger partial charge on any atom is 0.355 e. The second-order valence-electron chi connectivity index (χ2n) is 13.1. The lowest BCUT2D eigenvalue weighted by atomic mass is 10.0. The summed E-state index contributed by atoms with van der Waals surface area (Å²) in [4.78, 5) is 3.59. The molecule has 0 saturated carbocycles. The molecular formula is C41H56N4S+2. The van der Waals surface area contributed by atoms with Gasteiger partial charge in [0.25, 0.3) is 5.69 Å². The Labute approximate surface area is 282 Å². The van der Waals surface area contributed by atoms with Crippen molar-refractivity contribution in [3.63, 3.8) is 0 Å². The summed E-state index contributed by atoms with van der Waals surface area (Å²) in [5.74, 6) is 1.27. The lowest BCUT2D eigenvalue weighted by Crippen LogP contribution is -2.38. The van der Waals surface area contributed by atoms with Crippen molar-refractivity contribution in [2.75, 3.05) is 11.9 Å². The number of para-hydroxylation sites is 3. The molecule has 0 atom stereocenters. The van der Waals surface area contributed by atoms with E-state index in [1.165, 1.54) is 134 Å². The first-order chi connectivity index (χ1) is 22.6. The summed E-state index contributed by atoms with van der Waals surface area (Å²) in [5, 5.41) is 1.25. The second-order valence-corrected chi connectivity index (χ2v) is 14.1. The number of unbranched alkanes of at least 4 members (excludes halogenated alkanes) is 13. The van der Waals surface area contributed by atoms with Gasteiger partial charge in [-0.25, -0.2) is 9.13 Å². The molecule has 5 rings (SSSR count). The molecule has 5 heteroatoms. The Kier molecular flexibility index (Phi) is 13.0. The largest absolute Gasteiger partial charge is 0.355 e. The van der Waals surface area contributed by atoms with E-state index in [0.717, 1.165) is 6.54 Å². The van der Waals surface area contributed by atoms with Crippen LogP contribution in [0.1, 0.15) is 102 Å². The zero-order chi connectivity index (χ0) is 32.1. The third-order valence-electron chi connectivity index (χ3n) is 9.54. The third-order valence-corrected chi connectivity index (χ3v) is 10.7. The van der Waals surface area contributed by atoms with E-state index in [9.17, 15) is 0 Å². The number of aryl methyl sites for hydroxylation is 3. The van der Waals surface area contributed by atoms with Crippen LogP contribution < -0.4 is 14.0 Å². The van der Waals surface area contributed by atoms with Crippen molar-refractivity contribution in [3.8, 4) is 11.5 Å². The first-order valence-electron chi connectivity index (χ1n) is 17.9. The zero-order valence-electron chi connectivity index (χ0n) is 28.9. The van der Waals surface area contributed by atoms with Crippen LogP contribution in [0.2, 0.25) is 0 Å². The number of benzene rings is 2. The number of imidazole rings is 1. The van der Waals surface area contributed by atoms with Gasteiger partial charge in [-0.3, -0.25) is 0 Å². The van der Waals surface area contributed by atoms with Gasteiger partial charge < -0.3 is 4.90 Å². The van der Waals surface area contributed by atoms with Gasteiger partial charge in [0.05, 0.1) is 24.3 Å². The van der Waals surface area contributed by atoms with Gasteiger partial charge in [-0.15, -0.1) is 0 Å². The quantitative estimate of drug-likeness (QED) is 0.0798. The molecule has 0 spiro atoms. The Balaban J connectivity index is 1.18. The second kappa shape index (κ2) is 17.6. The SMILES string of the molecule is CCCCCCCCCCCCCCCCn1c(-c2cc(/C=C\C=C3\Sc4ccccc4N3C)cc[n+]2C)[n+](C)c2ccccc21. The molecule has 0 bridgehead atoms. The number of thioether (sulfide) groups is 1. The summed E-state index contributed by atoms with van der Waals surface area (Å²) in [6.07, 6.45) is 28.3. The normalized spacial score (nSPS) is 13.9. The summed E-state index contributed by atoms with van der Waals surface area (Å²) in [5.41, 5.74) is 6.33. The van der Waals surface area contributed by atoms with Crippen molar-refractivity contribution in [2.45, 2.75) is 108 Å². The molecule has 3 heterocycles. The van der Waals surface area contributed by atoms with Gasteiger partial charge in [0.15, 0.2) is 17.2 Å². The Morgan fingerprint density at radius 3 is 2.07 bits per heavy atom. The van der Waals surface area contributed by atoms with E-state index in [1.807, 2.05) is 11.8 Å². The Morgan fingerprint density at radius 2 is 1.37 bits per heavy atom. The Hall–Kier alpha value is -3.31. The van der Waals surface area contributed by atoms with Gasteiger partial charge in [-0.1, -0.05) is 132 Å². The average molecular weight is 637 g/mol. The minimum Gasteiger partial charge on any atom is -0.338 e. The maximum atomic E-state index is 2.56. The summed E-state index contributed by atoms with van der Waals surface area (Å²) in [7, 11) is 6.54. The van der Waals surface area contributed by atoms with E-state index in [2.05, 4.69) is 132 Å². The number of hydrogen-bond donors (Lipinski definition) is 0. The number of nitrogens with zero attached hydrogens (tertiary/aromatic N) is 4. The van der Waals surface area contributed by atoms with Crippen molar-refractivity contribution in [1.82, 2.24) is 4.57 Å². The molecule has 0 fully saturated rings. The highest BCUT2D eigenvalue weighted by Crippen LogP contribution is 2.44. The summed E-state index contributed by atoms with van der Waals surface area (Å²) >= 11 is 1.83. The van der Waals surface area contributed by atoms with Crippen molar-refractivity contribution >= 4 is 34.6 Å². The molecule has 4 aromatic rings. The van der Waals surface area contributed by atoms with Crippen LogP contribution in [0.25, 0.3) is 28.6 Å². The fourth-order valence-corrected chi connectivity index (χ4v) is 7.87. The van der Waals surface area contributed by atoms with E-state index in [0.29, 0.717) is 0 Å². The molecule has 0 aliphatic carbocycles. The van der Waals surface area contributed by atoms with Crippen molar-refractivity contribution in [2.24, 2.45) is 14.1 Å². The summed E-state index contributed by atoms with van der Waals surface area (Å²) in [6.45, 7) is 3.35. The third kappa shape index (κ3) is 8.73. The standard InChI is InChI=1S/C41H56N4S/c1-5-6-7-8-9-10-11-12-13-14-15-16-17-22-31-45-36-26-19-18-25-35(36)44(4)41(45)38-33-34(30-32-42(38)2)24-23-29-40-43(3)37-27-20-21-28-39(37)46-40/h18-21,23-30,32-33H,5-17,22,31H2,1-4H3/q+2. The molecule has 1 aliphatic rings. The Morgan fingerprint density at radius 1 is 0.739 bits per heavy atom. The minimum absolute atomic E-state index is 1.05. The van der Waals surface area contributed by atoms with Crippen molar-refractivity contribution in [1.29, 1.82) is 0 Å². The molecule has 0 unspecified atom stereocenters. The van der Waals surface area contributed by atoms with E-state index >= 15 is 0 Å². The molecular weight excluding hydrogens is 581 g/mol. The van der Waals surface area contributed by atoms with E-state index in [4.69, 9.17) is 0 Å². The maximum absolute atomic E-state index is 2.56. The lowest BCUT2D eigenvalue weighted by molar-refractivity contribution is -0.680. The number of rotatable bonds is 18. The van der Waals surface area contributed by atoms with Gasteiger partial charge in [0.1, 0.15) is 7.05 Å².